The smallest absolute Gasteiger partial charge is 0.227 e. The molecule has 0 fully saturated rings. The molecule has 0 amide bonds. The quantitative estimate of drug-likeness (QED) is 0.500. The molecule has 1 aromatic rings. The molecule has 7 heteroatoms. The average molecular weight is 245 g/mol. The molecule has 1 N–H and O–H groups in total. The van der Waals surface area contributed by atoms with E-state index in [-0.39, 0.29) is 0 Å². The summed E-state index contributed by atoms with van der Waals surface area (Å²) in [6.07, 6.45) is 2.32. The Hall–Kier alpha value is -1.66. The van der Waals surface area contributed by atoms with Crippen LogP contribution in [0.15, 0.2) is 31.1 Å². The van der Waals surface area contributed by atoms with Gasteiger partial charge in [0, 0.05) is 14.1 Å². The third kappa shape index (κ3) is 7.72. The van der Waals surface area contributed by atoms with Gasteiger partial charge in [0.2, 0.25) is 6.20 Å². The summed E-state index contributed by atoms with van der Waals surface area (Å²) < 4.78 is 0. The Balaban J connectivity index is 0.000000385. The molecule has 0 bridgehead atoms. The second-order valence-electron chi connectivity index (χ2n) is 2.84. The Morgan fingerprint density at radius 1 is 1.62 bits per heavy atom. The molecule has 0 saturated heterocycles. The van der Waals surface area contributed by atoms with Gasteiger partial charge in [0.15, 0.2) is 0 Å². The first-order chi connectivity index (χ1) is 7.45. The lowest BCUT2D eigenvalue weighted by atomic mass is 10.4. The predicted octanol–water partition coefficient (Wildman–Crippen LogP) is 2.03. The van der Waals surface area contributed by atoms with Crippen LogP contribution in [0.4, 0.5) is 5.69 Å². The third-order valence-corrected chi connectivity index (χ3v) is 1.45. The first-order valence-electron chi connectivity index (χ1n) is 4.27. The highest BCUT2D eigenvalue weighted by Gasteiger charge is 1.92. The van der Waals surface area contributed by atoms with E-state index in [2.05, 4.69) is 17.0 Å². The molecular weight excluding hydrogens is 232 g/mol. The highest BCUT2D eigenvalue weighted by atomic mass is 35.5. The number of pyridine rings is 1. The van der Waals surface area contributed by atoms with Crippen LogP contribution in [0.3, 0.4) is 0 Å². The fourth-order valence-electron chi connectivity index (χ4n) is 0.700. The summed E-state index contributed by atoms with van der Waals surface area (Å²) in [5, 5.41) is 11.4. The molecule has 0 aliphatic carbocycles. The minimum atomic E-state index is -0.611. The number of nitro groups is 1. The van der Waals surface area contributed by atoms with Gasteiger partial charge < -0.3 is 5.43 Å². The van der Waals surface area contributed by atoms with Crippen LogP contribution in [0.1, 0.15) is 0 Å². The van der Waals surface area contributed by atoms with Gasteiger partial charge in [-0.1, -0.05) is 11.6 Å². The zero-order chi connectivity index (χ0) is 12.6. The fraction of sp³-hybridized carbons (Fsp3) is 0.222. The van der Waals surface area contributed by atoms with E-state index in [1.807, 2.05) is 25.2 Å². The largest absolute Gasteiger partial charge is 0.318 e. The lowest BCUT2D eigenvalue weighted by Crippen LogP contribution is -2.19. The van der Waals surface area contributed by atoms with Crippen molar-refractivity contribution >= 4 is 17.3 Å². The Labute approximate surface area is 98.7 Å². The van der Waals surface area contributed by atoms with Crippen molar-refractivity contribution in [2.45, 2.75) is 0 Å². The summed E-state index contributed by atoms with van der Waals surface area (Å²) in [5.74, 6) is 0. The topological polar surface area (TPSA) is 71.3 Å². The summed E-state index contributed by atoms with van der Waals surface area (Å²) in [7, 11) is 3.82. The van der Waals surface area contributed by atoms with Gasteiger partial charge in [0.05, 0.1) is 16.8 Å². The van der Waals surface area contributed by atoms with Crippen molar-refractivity contribution in [2.24, 2.45) is 0 Å². The number of aromatic nitrogens is 1. The first kappa shape index (κ1) is 14.3. The minimum Gasteiger partial charge on any atom is -0.318 e. The molecule has 0 aromatic carbocycles. The number of anilines is 1. The van der Waals surface area contributed by atoms with Gasteiger partial charge in [-0.25, -0.2) is 9.99 Å². The monoisotopic (exact) mass is 244 g/mol. The van der Waals surface area contributed by atoms with Gasteiger partial charge in [-0.2, -0.15) is 0 Å². The number of hydrogen-bond acceptors (Lipinski definition) is 5. The minimum absolute atomic E-state index is 0.509. The lowest BCUT2D eigenvalue weighted by molar-refractivity contribution is -0.401. The van der Waals surface area contributed by atoms with Crippen molar-refractivity contribution in [3.8, 4) is 0 Å². The van der Waals surface area contributed by atoms with Crippen LogP contribution in [0.5, 0.6) is 0 Å². The second kappa shape index (κ2) is 7.61. The van der Waals surface area contributed by atoms with Crippen molar-refractivity contribution in [3.63, 3.8) is 0 Å². The molecule has 0 spiro atoms. The number of nitrogens with zero attached hydrogens (tertiary/aromatic N) is 3. The SMILES string of the molecule is C=C[N+](=O)[O-].CN(C)Nc1ccc(Cl)nc1. The standard InChI is InChI=1S/C7H10ClN3.C2H3NO2/c1-11(2)10-6-3-4-7(8)9-5-6;1-2-3(4)5/h3-5,10H,1-2H3;2H,1H2. The van der Waals surface area contributed by atoms with Crippen LogP contribution in [-0.2, 0) is 0 Å². The highest BCUT2D eigenvalue weighted by molar-refractivity contribution is 6.29. The second-order valence-corrected chi connectivity index (χ2v) is 3.23. The Morgan fingerprint density at radius 2 is 2.19 bits per heavy atom. The molecule has 1 heterocycles. The molecule has 0 aliphatic rings. The van der Waals surface area contributed by atoms with E-state index in [9.17, 15) is 0 Å². The Kier molecular flexibility index (Phi) is 6.82. The maximum atomic E-state index is 9.06. The van der Waals surface area contributed by atoms with Crippen LogP contribution < -0.4 is 5.43 Å². The van der Waals surface area contributed by atoms with E-state index in [0.29, 0.717) is 11.4 Å². The summed E-state index contributed by atoms with van der Waals surface area (Å²) in [6, 6.07) is 3.61. The zero-order valence-corrected chi connectivity index (χ0v) is 9.81. The number of hydrogen-bond donors (Lipinski definition) is 1. The van der Waals surface area contributed by atoms with Gasteiger partial charge >= 0.3 is 0 Å². The first-order valence-corrected chi connectivity index (χ1v) is 4.65. The van der Waals surface area contributed by atoms with Crippen LogP contribution in [-0.4, -0.2) is 29.0 Å². The summed E-state index contributed by atoms with van der Waals surface area (Å²) in [4.78, 5) is 12.4. The van der Waals surface area contributed by atoms with E-state index in [0.717, 1.165) is 5.69 Å². The number of rotatable bonds is 3. The normalized spacial score (nSPS) is 9.00. The predicted molar refractivity (Wildman–Crippen MR) is 63.7 cm³/mol. The van der Waals surface area contributed by atoms with E-state index >= 15 is 0 Å². The molecule has 88 valence electrons. The summed E-state index contributed by atoms with van der Waals surface area (Å²) in [5.41, 5.74) is 3.97. The molecule has 0 aliphatic heterocycles. The highest BCUT2D eigenvalue weighted by Crippen LogP contribution is 2.09. The molecule has 6 nitrogen and oxygen atoms in total. The van der Waals surface area contributed by atoms with Gasteiger partial charge in [-0.15, -0.1) is 0 Å². The summed E-state index contributed by atoms with van der Waals surface area (Å²) >= 11 is 5.60. The molecule has 1 rings (SSSR count). The molecule has 0 saturated carbocycles. The number of nitrogens with one attached hydrogen (secondary N) is 1. The Morgan fingerprint density at radius 3 is 2.50 bits per heavy atom. The molecule has 0 atom stereocenters. The van der Waals surface area contributed by atoms with E-state index in [1.54, 1.807) is 12.3 Å². The van der Waals surface area contributed by atoms with Crippen molar-refractivity contribution in [1.29, 1.82) is 0 Å². The molecule has 0 unspecified atom stereocenters. The molecule has 1 aromatic heterocycles. The maximum Gasteiger partial charge on any atom is 0.227 e. The van der Waals surface area contributed by atoms with Crippen molar-refractivity contribution in [3.05, 3.63) is 46.4 Å². The fourth-order valence-corrected chi connectivity index (χ4v) is 0.812. The zero-order valence-electron chi connectivity index (χ0n) is 9.05. The molecule has 0 radical (unpaired) electrons. The third-order valence-electron chi connectivity index (χ3n) is 1.23. The van der Waals surface area contributed by atoms with E-state index in [1.165, 1.54) is 0 Å². The van der Waals surface area contributed by atoms with E-state index < -0.39 is 4.92 Å². The summed E-state index contributed by atoms with van der Waals surface area (Å²) in [6.45, 7) is 2.86. The molecular formula is C9H13ClN4O2. The molecule has 16 heavy (non-hydrogen) atoms. The van der Waals surface area contributed by atoms with Gasteiger partial charge in [0.1, 0.15) is 5.15 Å². The van der Waals surface area contributed by atoms with Crippen LogP contribution in [0, 0.1) is 10.1 Å². The van der Waals surface area contributed by atoms with Crippen LogP contribution in [0.25, 0.3) is 0 Å². The van der Waals surface area contributed by atoms with Crippen LogP contribution in [0.2, 0.25) is 5.15 Å². The van der Waals surface area contributed by atoms with Crippen LogP contribution >= 0.6 is 11.6 Å². The van der Waals surface area contributed by atoms with Crippen molar-refractivity contribution < 1.29 is 4.92 Å². The van der Waals surface area contributed by atoms with E-state index in [4.69, 9.17) is 21.7 Å². The van der Waals surface area contributed by atoms with Crippen molar-refractivity contribution in [2.75, 3.05) is 19.5 Å². The maximum absolute atomic E-state index is 9.06. The van der Waals surface area contributed by atoms with Gasteiger partial charge in [-0.3, -0.25) is 10.1 Å². The number of hydrazine groups is 1. The number of halogens is 1. The van der Waals surface area contributed by atoms with Gasteiger partial charge in [0.25, 0.3) is 0 Å². The average Bonchev–Trinajstić information content (AvgIpc) is 2.22. The Bertz CT molecular complexity index is 340. The van der Waals surface area contributed by atoms with Crippen molar-refractivity contribution in [1.82, 2.24) is 9.99 Å². The van der Waals surface area contributed by atoms with Gasteiger partial charge in [-0.05, 0) is 18.7 Å². The lowest BCUT2D eigenvalue weighted by Gasteiger charge is -2.12.